The summed E-state index contributed by atoms with van der Waals surface area (Å²) in [7, 11) is 0. The number of aliphatic hydroxyl groups is 1. The minimum absolute atomic E-state index is 0.0720. The number of rotatable bonds is 6. The number of hydrogen-bond acceptors (Lipinski definition) is 5. The largest absolute Gasteiger partial charge is 0.507 e. The Kier molecular flexibility index (Phi) is 6.01. The quantitative estimate of drug-likeness (QED) is 0.318. The molecule has 2 aromatic carbocycles. The first-order valence-corrected chi connectivity index (χ1v) is 10.3. The molecular formula is C24H19ClFNO5. The maximum Gasteiger partial charge on any atom is 0.296 e. The Morgan fingerprint density at radius 3 is 2.62 bits per heavy atom. The van der Waals surface area contributed by atoms with Crippen molar-refractivity contribution in [3.63, 3.8) is 0 Å². The Hall–Kier alpha value is -3.58. The second kappa shape index (κ2) is 8.88. The lowest BCUT2D eigenvalue weighted by atomic mass is 9.95. The molecule has 2 heterocycles. The van der Waals surface area contributed by atoms with Crippen LogP contribution in [0.4, 0.5) is 4.39 Å². The van der Waals surface area contributed by atoms with E-state index in [4.69, 9.17) is 20.8 Å². The van der Waals surface area contributed by atoms with Crippen molar-refractivity contribution in [3.8, 4) is 5.75 Å². The number of aliphatic hydroxyl groups excluding tert-OH is 1. The predicted molar refractivity (Wildman–Crippen MR) is 116 cm³/mol. The summed E-state index contributed by atoms with van der Waals surface area (Å²) in [6.07, 6.45) is 1.44. The molecule has 1 N–H and O–H groups in total. The Bertz CT molecular complexity index is 1200. The molecule has 1 unspecified atom stereocenters. The minimum Gasteiger partial charge on any atom is -0.507 e. The van der Waals surface area contributed by atoms with Crippen LogP contribution < -0.4 is 4.74 Å². The standard InChI is InChI=1S/C24H19ClFNO5/c1-2-31-19-10-9-14(12-17(19)25)22(28)20-21(16-7-3-4-8-18(16)26)27(24(30)23(20)29)13-15-6-5-11-32-15/h3-12,21,28H,2,13H2,1H3/b22-20+. The summed E-state index contributed by atoms with van der Waals surface area (Å²) in [4.78, 5) is 27.1. The van der Waals surface area contributed by atoms with E-state index in [0.29, 0.717) is 18.1 Å². The van der Waals surface area contributed by atoms with Crippen LogP contribution in [0.1, 0.15) is 29.9 Å². The molecule has 6 nitrogen and oxygen atoms in total. The topological polar surface area (TPSA) is 80.0 Å². The molecule has 0 saturated carbocycles. The molecule has 1 fully saturated rings. The number of amides is 1. The van der Waals surface area contributed by atoms with E-state index >= 15 is 0 Å². The van der Waals surface area contributed by atoms with E-state index in [1.54, 1.807) is 31.2 Å². The fourth-order valence-corrected chi connectivity index (χ4v) is 3.95. The van der Waals surface area contributed by atoms with Crippen LogP contribution in [0.2, 0.25) is 5.02 Å². The molecule has 1 atom stereocenters. The number of ketones is 1. The summed E-state index contributed by atoms with van der Waals surface area (Å²) >= 11 is 6.23. The molecule has 1 saturated heterocycles. The number of hydrogen-bond donors (Lipinski definition) is 1. The van der Waals surface area contributed by atoms with Gasteiger partial charge in [0.2, 0.25) is 0 Å². The third-order valence-corrected chi connectivity index (χ3v) is 5.45. The van der Waals surface area contributed by atoms with Crippen molar-refractivity contribution in [3.05, 3.63) is 94.2 Å². The molecule has 8 heteroatoms. The van der Waals surface area contributed by atoms with Crippen LogP contribution in [0.25, 0.3) is 5.76 Å². The van der Waals surface area contributed by atoms with Gasteiger partial charge in [-0.3, -0.25) is 9.59 Å². The first-order chi connectivity index (χ1) is 15.4. The van der Waals surface area contributed by atoms with Crippen molar-refractivity contribution in [2.75, 3.05) is 6.61 Å². The van der Waals surface area contributed by atoms with Crippen LogP contribution >= 0.6 is 11.6 Å². The first-order valence-electron chi connectivity index (χ1n) is 9.90. The van der Waals surface area contributed by atoms with Gasteiger partial charge in [0.15, 0.2) is 0 Å². The average Bonchev–Trinajstić information content (AvgIpc) is 3.38. The van der Waals surface area contributed by atoms with Gasteiger partial charge < -0.3 is 19.2 Å². The van der Waals surface area contributed by atoms with E-state index in [2.05, 4.69) is 0 Å². The van der Waals surface area contributed by atoms with Crippen molar-refractivity contribution in [2.45, 2.75) is 19.5 Å². The van der Waals surface area contributed by atoms with E-state index in [9.17, 15) is 19.1 Å². The van der Waals surface area contributed by atoms with Crippen LogP contribution in [0.3, 0.4) is 0 Å². The van der Waals surface area contributed by atoms with Gasteiger partial charge in [-0.25, -0.2) is 4.39 Å². The third-order valence-electron chi connectivity index (χ3n) is 5.15. The summed E-state index contributed by atoms with van der Waals surface area (Å²) < 4.78 is 25.5. The minimum atomic E-state index is -1.15. The fraction of sp³-hybridized carbons (Fsp3) is 0.167. The van der Waals surface area contributed by atoms with Gasteiger partial charge in [0, 0.05) is 11.1 Å². The van der Waals surface area contributed by atoms with Gasteiger partial charge in [0.25, 0.3) is 11.7 Å². The lowest BCUT2D eigenvalue weighted by Gasteiger charge is -2.24. The molecule has 4 rings (SSSR count). The number of ether oxygens (including phenoxy) is 1. The van der Waals surface area contributed by atoms with Gasteiger partial charge in [0.05, 0.1) is 36.1 Å². The van der Waals surface area contributed by atoms with Gasteiger partial charge in [-0.2, -0.15) is 0 Å². The number of likely N-dealkylation sites (tertiary alicyclic amines) is 1. The zero-order chi connectivity index (χ0) is 22.8. The highest BCUT2D eigenvalue weighted by Crippen LogP contribution is 2.41. The molecule has 32 heavy (non-hydrogen) atoms. The van der Waals surface area contributed by atoms with Crippen LogP contribution in [0, 0.1) is 5.82 Å². The Morgan fingerprint density at radius 1 is 1.19 bits per heavy atom. The number of nitrogens with zero attached hydrogens (tertiary/aromatic N) is 1. The van der Waals surface area contributed by atoms with Gasteiger partial charge in [-0.05, 0) is 43.3 Å². The smallest absolute Gasteiger partial charge is 0.296 e. The molecule has 164 valence electrons. The molecule has 0 spiro atoms. The summed E-state index contributed by atoms with van der Waals surface area (Å²) in [5.74, 6) is -2.03. The van der Waals surface area contributed by atoms with Crippen LogP contribution in [0.15, 0.2) is 70.9 Å². The Balaban J connectivity index is 1.86. The van der Waals surface area contributed by atoms with Crippen molar-refractivity contribution in [2.24, 2.45) is 0 Å². The monoisotopic (exact) mass is 455 g/mol. The number of Topliss-reactive ketones (excluding diaryl/α,β-unsaturated/α-hetero) is 1. The van der Waals surface area contributed by atoms with E-state index < -0.39 is 29.3 Å². The maximum absolute atomic E-state index is 14.8. The second-order valence-corrected chi connectivity index (χ2v) is 7.51. The average molecular weight is 456 g/mol. The first kappa shape index (κ1) is 21.6. The molecule has 1 aromatic heterocycles. The van der Waals surface area contributed by atoms with Gasteiger partial charge in [-0.15, -0.1) is 0 Å². The highest BCUT2D eigenvalue weighted by molar-refractivity contribution is 6.46. The van der Waals surface area contributed by atoms with Crippen LogP contribution in [0.5, 0.6) is 5.75 Å². The molecule has 0 radical (unpaired) electrons. The molecule has 0 bridgehead atoms. The van der Waals surface area contributed by atoms with E-state index in [1.165, 1.54) is 41.5 Å². The zero-order valence-electron chi connectivity index (χ0n) is 17.0. The van der Waals surface area contributed by atoms with Gasteiger partial charge in [-0.1, -0.05) is 29.8 Å². The number of carbonyl (C=O) groups is 2. The Morgan fingerprint density at radius 2 is 1.97 bits per heavy atom. The molecule has 1 amide bonds. The van der Waals surface area contributed by atoms with Crippen molar-refractivity contribution in [1.29, 1.82) is 0 Å². The fourth-order valence-electron chi connectivity index (χ4n) is 3.71. The molecule has 0 aliphatic carbocycles. The number of carbonyl (C=O) groups excluding carboxylic acids is 2. The van der Waals surface area contributed by atoms with Crippen molar-refractivity contribution >= 4 is 29.1 Å². The number of halogens is 2. The SMILES string of the molecule is CCOc1ccc(/C(O)=C2\C(=O)C(=O)N(Cc3ccco3)C2c2ccccc2F)cc1Cl. The molecular weight excluding hydrogens is 437 g/mol. The Labute approximate surface area is 188 Å². The number of benzene rings is 2. The van der Waals surface area contributed by atoms with E-state index in [1.807, 2.05) is 0 Å². The molecule has 3 aromatic rings. The summed E-state index contributed by atoms with van der Waals surface area (Å²) in [6, 6.07) is 12.4. The van der Waals surface area contributed by atoms with Crippen molar-refractivity contribution < 1.29 is 28.2 Å². The van der Waals surface area contributed by atoms with Gasteiger partial charge in [0.1, 0.15) is 23.1 Å². The van der Waals surface area contributed by atoms with Crippen LogP contribution in [-0.2, 0) is 16.1 Å². The predicted octanol–water partition coefficient (Wildman–Crippen LogP) is 5.09. The number of furan rings is 1. The normalized spacial score (nSPS) is 17.7. The highest BCUT2D eigenvalue weighted by Gasteiger charge is 2.47. The third kappa shape index (κ3) is 3.87. The lowest BCUT2D eigenvalue weighted by Crippen LogP contribution is -2.29. The van der Waals surface area contributed by atoms with Crippen LogP contribution in [-0.4, -0.2) is 28.3 Å². The van der Waals surface area contributed by atoms with E-state index in [-0.39, 0.29) is 28.3 Å². The lowest BCUT2D eigenvalue weighted by molar-refractivity contribution is -0.140. The summed E-state index contributed by atoms with van der Waals surface area (Å²) in [6.45, 7) is 2.13. The zero-order valence-corrected chi connectivity index (χ0v) is 17.8. The summed E-state index contributed by atoms with van der Waals surface area (Å²) in [5.41, 5.74) is 0.0551. The van der Waals surface area contributed by atoms with Gasteiger partial charge >= 0.3 is 0 Å². The molecule has 1 aliphatic heterocycles. The second-order valence-electron chi connectivity index (χ2n) is 7.11. The van der Waals surface area contributed by atoms with Crippen molar-refractivity contribution in [1.82, 2.24) is 4.90 Å². The molecule has 1 aliphatic rings. The van der Waals surface area contributed by atoms with E-state index in [0.717, 1.165) is 0 Å². The maximum atomic E-state index is 14.8. The summed E-state index contributed by atoms with van der Waals surface area (Å²) in [5, 5.41) is 11.3. The highest BCUT2D eigenvalue weighted by atomic mass is 35.5.